The molecule has 0 aliphatic heterocycles. The Labute approximate surface area is 213 Å². The van der Waals surface area contributed by atoms with Crippen molar-refractivity contribution in [3.63, 3.8) is 0 Å². The minimum absolute atomic E-state index is 1.20. The van der Waals surface area contributed by atoms with Crippen LogP contribution in [0.25, 0.3) is 32.7 Å². The van der Waals surface area contributed by atoms with Gasteiger partial charge in [0.25, 0.3) is 0 Å². The maximum atomic E-state index is 2.41. The Balaban J connectivity index is 1.40. The lowest BCUT2D eigenvalue weighted by Gasteiger charge is -2.09. The van der Waals surface area contributed by atoms with E-state index in [0.29, 0.717) is 0 Å². The molecule has 0 saturated carbocycles. The van der Waals surface area contributed by atoms with Crippen molar-refractivity contribution in [3.05, 3.63) is 83.9 Å². The zero-order chi connectivity index (χ0) is 24.3. The van der Waals surface area contributed by atoms with Gasteiger partial charge >= 0.3 is 0 Å². The van der Waals surface area contributed by atoms with E-state index in [-0.39, 0.29) is 0 Å². The summed E-state index contributed by atoms with van der Waals surface area (Å²) in [4.78, 5) is 0. The average Bonchev–Trinajstić information content (AvgIpc) is 2.89. The van der Waals surface area contributed by atoms with E-state index >= 15 is 0 Å². The molecular formula is C35H44. The van der Waals surface area contributed by atoms with Gasteiger partial charge < -0.3 is 0 Å². The molecule has 184 valence electrons. The van der Waals surface area contributed by atoms with Crippen LogP contribution in [0.4, 0.5) is 0 Å². The highest BCUT2D eigenvalue weighted by Gasteiger charge is 2.04. The molecule has 0 bridgehead atoms. The Morgan fingerprint density at radius 2 is 0.857 bits per heavy atom. The van der Waals surface area contributed by atoms with Crippen molar-refractivity contribution in [2.45, 2.75) is 97.3 Å². The van der Waals surface area contributed by atoms with E-state index in [4.69, 9.17) is 0 Å². The molecule has 0 saturated heterocycles. The first-order chi connectivity index (χ1) is 17.3. The van der Waals surface area contributed by atoms with E-state index < -0.39 is 0 Å². The molecule has 0 atom stereocenters. The van der Waals surface area contributed by atoms with Gasteiger partial charge in [0.1, 0.15) is 0 Å². The summed E-state index contributed by atoms with van der Waals surface area (Å²) in [7, 11) is 0. The summed E-state index contributed by atoms with van der Waals surface area (Å²) in [5.41, 5.74) is 5.58. The first-order valence-corrected chi connectivity index (χ1v) is 14.3. The largest absolute Gasteiger partial charge is 0.0654 e. The van der Waals surface area contributed by atoms with Crippen LogP contribution in [-0.4, -0.2) is 0 Å². The zero-order valence-corrected chi connectivity index (χ0v) is 22.1. The summed E-state index contributed by atoms with van der Waals surface area (Å²) in [5, 5.41) is 5.38. The maximum Gasteiger partial charge on any atom is -0.0171 e. The van der Waals surface area contributed by atoms with E-state index in [1.54, 1.807) is 0 Å². The highest BCUT2D eigenvalue weighted by molar-refractivity contribution is 5.99. The van der Waals surface area contributed by atoms with Crippen LogP contribution < -0.4 is 0 Å². The van der Waals surface area contributed by atoms with E-state index in [1.165, 1.54) is 127 Å². The second-order valence-corrected chi connectivity index (χ2v) is 10.5. The molecule has 0 amide bonds. The van der Waals surface area contributed by atoms with E-state index in [2.05, 4.69) is 86.6 Å². The van der Waals surface area contributed by atoms with Crippen LogP contribution in [0, 0.1) is 0 Å². The summed E-state index contributed by atoms with van der Waals surface area (Å²) in [6, 6.07) is 28.0. The number of aryl methyl sites for hydroxylation is 2. The van der Waals surface area contributed by atoms with Crippen molar-refractivity contribution < 1.29 is 0 Å². The fourth-order valence-corrected chi connectivity index (χ4v) is 5.29. The second kappa shape index (κ2) is 13.5. The van der Waals surface area contributed by atoms with Crippen molar-refractivity contribution >= 4 is 21.5 Å². The molecule has 0 fully saturated rings. The molecule has 4 aromatic carbocycles. The number of benzene rings is 4. The van der Waals surface area contributed by atoms with Gasteiger partial charge in [0, 0.05) is 0 Å². The van der Waals surface area contributed by atoms with Crippen molar-refractivity contribution in [1.82, 2.24) is 0 Å². The molecule has 0 heterocycles. The minimum Gasteiger partial charge on any atom is -0.0654 e. The van der Waals surface area contributed by atoms with Crippen LogP contribution in [-0.2, 0) is 12.8 Å². The number of rotatable bonds is 14. The fourth-order valence-electron chi connectivity index (χ4n) is 5.29. The van der Waals surface area contributed by atoms with E-state index in [0.717, 1.165) is 0 Å². The normalized spacial score (nSPS) is 11.5. The predicted octanol–water partition coefficient (Wildman–Crippen LogP) is 11.1. The van der Waals surface area contributed by atoms with Crippen molar-refractivity contribution in [2.24, 2.45) is 0 Å². The van der Waals surface area contributed by atoms with Crippen LogP contribution in [0.1, 0.15) is 95.6 Å². The molecule has 0 radical (unpaired) electrons. The molecule has 0 aliphatic carbocycles. The molecule has 0 unspecified atom stereocenters. The molecule has 35 heavy (non-hydrogen) atoms. The van der Waals surface area contributed by atoms with Gasteiger partial charge in [-0.2, -0.15) is 0 Å². The van der Waals surface area contributed by atoms with Gasteiger partial charge in [0.15, 0.2) is 0 Å². The molecule has 0 nitrogen and oxygen atoms in total. The monoisotopic (exact) mass is 464 g/mol. The standard InChI is InChI=1S/C35H44/c1-3-5-7-9-11-12-14-28-16-19-30(20-17-28)31-22-23-33-26-34-24-29(15-13-10-8-6-4-2)18-21-32(34)27-35(33)25-31/h16-27H,3-15H2,1-2H3. The third-order valence-electron chi connectivity index (χ3n) is 7.54. The quantitative estimate of drug-likeness (QED) is 0.128. The summed E-state index contributed by atoms with van der Waals surface area (Å²) in [6.45, 7) is 4.57. The number of hydrogen-bond donors (Lipinski definition) is 0. The van der Waals surface area contributed by atoms with Crippen molar-refractivity contribution in [3.8, 4) is 11.1 Å². The van der Waals surface area contributed by atoms with Gasteiger partial charge in [-0.15, -0.1) is 0 Å². The highest BCUT2D eigenvalue weighted by Crippen LogP contribution is 2.29. The molecule has 0 aliphatic rings. The van der Waals surface area contributed by atoms with Crippen LogP contribution in [0.3, 0.4) is 0 Å². The Hall–Kier alpha value is -2.60. The third kappa shape index (κ3) is 7.44. The van der Waals surface area contributed by atoms with Gasteiger partial charge in [-0.25, -0.2) is 0 Å². The van der Waals surface area contributed by atoms with Crippen molar-refractivity contribution in [2.75, 3.05) is 0 Å². The Kier molecular flexibility index (Phi) is 9.82. The van der Waals surface area contributed by atoms with E-state index in [9.17, 15) is 0 Å². The zero-order valence-electron chi connectivity index (χ0n) is 22.1. The highest BCUT2D eigenvalue weighted by atomic mass is 14.1. The number of unbranched alkanes of at least 4 members (excludes halogenated alkanes) is 9. The van der Waals surface area contributed by atoms with Crippen LogP contribution in [0.2, 0.25) is 0 Å². The smallest absolute Gasteiger partial charge is 0.0171 e. The fraction of sp³-hybridized carbons (Fsp3) is 0.429. The SMILES string of the molecule is CCCCCCCCc1ccc(-c2ccc3cc4cc(CCCCCCC)ccc4cc3c2)cc1. The topological polar surface area (TPSA) is 0 Å². The van der Waals surface area contributed by atoms with Gasteiger partial charge in [0.05, 0.1) is 0 Å². The van der Waals surface area contributed by atoms with Gasteiger partial charge in [-0.05, 0) is 87.7 Å². The van der Waals surface area contributed by atoms with Gasteiger partial charge in [-0.1, -0.05) is 126 Å². The summed E-state index contributed by atoms with van der Waals surface area (Å²) < 4.78 is 0. The average molecular weight is 465 g/mol. The Bertz CT molecular complexity index is 1180. The summed E-state index contributed by atoms with van der Waals surface area (Å²) in [6.07, 6.45) is 17.3. The number of fused-ring (bicyclic) bond motifs is 2. The molecule has 4 aromatic rings. The van der Waals surface area contributed by atoms with Crippen LogP contribution in [0.15, 0.2) is 72.8 Å². The lowest BCUT2D eigenvalue weighted by Crippen LogP contribution is -1.88. The van der Waals surface area contributed by atoms with Gasteiger partial charge in [-0.3, -0.25) is 0 Å². The van der Waals surface area contributed by atoms with Crippen LogP contribution >= 0.6 is 0 Å². The van der Waals surface area contributed by atoms with Crippen molar-refractivity contribution in [1.29, 1.82) is 0 Å². The summed E-state index contributed by atoms with van der Waals surface area (Å²) in [5.74, 6) is 0. The lowest BCUT2D eigenvalue weighted by molar-refractivity contribution is 0.607. The molecule has 0 N–H and O–H groups in total. The second-order valence-electron chi connectivity index (χ2n) is 10.5. The van der Waals surface area contributed by atoms with Crippen LogP contribution in [0.5, 0.6) is 0 Å². The molecule has 0 heteroatoms. The Morgan fingerprint density at radius 3 is 1.51 bits per heavy atom. The molecule has 0 spiro atoms. The third-order valence-corrected chi connectivity index (χ3v) is 7.54. The first-order valence-electron chi connectivity index (χ1n) is 14.3. The lowest BCUT2D eigenvalue weighted by atomic mass is 9.96. The molecule has 0 aromatic heterocycles. The van der Waals surface area contributed by atoms with Gasteiger partial charge in [0.2, 0.25) is 0 Å². The molecular weight excluding hydrogens is 420 g/mol. The molecule has 4 rings (SSSR count). The number of hydrogen-bond acceptors (Lipinski definition) is 0. The van der Waals surface area contributed by atoms with E-state index in [1.807, 2.05) is 0 Å². The maximum absolute atomic E-state index is 2.41. The first kappa shape index (κ1) is 25.5. The Morgan fingerprint density at radius 1 is 0.371 bits per heavy atom. The minimum atomic E-state index is 1.20. The predicted molar refractivity (Wildman–Crippen MR) is 156 cm³/mol. The summed E-state index contributed by atoms with van der Waals surface area (Å²) >= 11 is 0.